The summed E-state index contributed by atoms with van der Waals surface area (Å²) in [6.45, 7) is 2.17. The molecular weight excluding hydrogens is 481 g/mol. The highest BCUT2D eigenvalue weighted by Crippen LogP contribution is 2.21. The van der Waals surface area contributed by atoms with E-state index in [1.807, 2.05) is 30.3 Å². The molecule has 0 radical (unpaired) electrons. The van der Waals surface area contributed by atoms with Gasteiger partial charge < -0.3 is 10.2 Å². The molecule has 0 aliphatic heterocycles. The molecule has 1 unspecified atom stereocenters. The summed E-state index contributed by atoms with van der Waals surface area (Å²) in [5.41, 5.74) is 2.05. The van der Waals surface area contributed by atoms with Crippen molar-refractivity contribution >= 4 is 29.3 Å². The van der Waals surface area contributed by atoms with Crippen LogP contribution in [-0.2, 0) is 28.3 Å². The Labute approximate surface area is 213 Å². The maximum atomic E-state index is 14.5. The molecule has 0 saturated heterocycles. The Morgan fingerprint density at radius 3 is 2.31 bits per heavy atom. The summed E-state index contributed by atoms with van der Waals surface area (Å²) < 4.78 is 14.5. The standard InChI is InChI=1S/C27H28FN3O4S/c1-2-29-27(33)25(16-20-8-4-3-5-9-20)30(17-22-10-6-7-11-24(22)28)26(32)19-36-18-21-12-14-23(15-13-21)31(34)35/h3-15,25H,2,16-19H2,1H3,(H,29,33). The first-order valence-electron chi connectivity index (χ1n) is 11.5. The molecule has 0 aliphatic carbocycles. The molecule has 0 fully saturated rings. The second-order valence-corrected chi connectivity index (χ2v) is 9.12. The van der Waals surface area contributed by atoms with E-state index in [0.717, 1.165) is 11.1 Å². The van der Waals surface area contributed by atoms with E-state index in [0.29, 0.717) is 24.3 Å². The Balaban J connectivity index is 1.80. The predicted molar refractivity (Wildman–Crippen MR) is 139 cm³/mol. The normalized spacial score (nSPS) is 11.5. The highest BCUT2D eigenvalue weighted by molar-refractivity contribution is 7.99. The van der Waals surface area contributed by atoms with Gasteiger partial charge in [-0.2, -0.15) is 0 Å². The second-order valence-electron chi connectivity index (χ2n) is 8.13. The number of non-ortho nitro benzene ring substituents is 1. The lowest BCUT2D eigenvalue weighted by Crippen LogP contribution is -2.51. The van der Waals surface area contributed by atoms with E-state index in [1.54, 1.807) is 37.3 Å². The minimum atomic E-state index is -0.820. The van der Waals surface area contributed by atoms with Gasteiger partial charge in [-0.1, -0.05) is 60.7 Å². The zero-order valence-electron chi connectivity index (χ0n) is 19.9. The molecule has 0 bridgehead atoms. The number of nitro groups is 1. The predicted octanol–water partition coefficient (Wildman–Crippen LogP) is 4.74. The maximum Gasteiger partial charge on any atom is 0.269 e. The molecule has 0 heterocycles. The molecule has 3 aromatic rings. The lowest BCUT2D eigenvalue weighted by atomic mass is 10.0. The number of amides is 2. The Morgan fingerprint density at radius 2 is 1.67 bits per heavy atom. The van der Waals surface area contributed by atoms with Crippen LogP contribution in [0.5, 0.6) is 0 Å². The number of rotatable bonds is 12. The summed E-state index contributed by atoms with van der Waals surface area (Å²) >= 11 is 1.33. The fraction of sp³-hybridized carbons (Fsp3) is 0.259. The van der Waals surface area contributed by atoms with Gasteiger partial charge in [-0.05, 0) is 24.1 Å². The number of benzene rings is 3. The molecule has 1 N–H and O–H groups in total. The summed E-state index contributed by atoms with van der Waals surface area (Å²) in [7, 11) is 0. The van der Waals surface area contributed by atoms with Gasteiger partial charge in [0.25, 0.3) is 5.69 Å². The summed E-state index contributed by atoms with van der Waals surface area (Å²) in [6, 6.07) is 20.9. The quantitative estimate of drug-likeness (QED) is 0.281. The van der Waals surface area contributed by atoms with E-state index in [1.165, 1.54) is 34.9 Å². The Hall–Kier alpha value is -3.72. The number of thioether (sulfide) groups is 1. The zero-order chi connectivity index (χ0) is 25.9. The van der Waals surface area contributed by atoms with E-state index >= 15 is 0 Å². The van der Waals surface area contributed by atoms with Crippen LogP contribution in [-0.4, -0.2) is 40.0 Å². The van der Waals surface area contributed by atoms with Crippen molar-refractivity contribution in [2.45, 2.75) is 31.7 Å². The van der Waals surface area contributed by atoms with Crippen molar-refractivity contribution < 1.29 is 18.9 Å². The molecule has 7 nitrogen and oxygen atoms in total. The molecular formula is C27H28FN3O4S. The van der Waals surface area contributed by atoms with E-state index in [4.69, 9.17) is 0 Å². The van der Waals surface area contributed by atoms with Crippen LogP contribution in [0.2, 0.25) is 0 Å². The Morgan fingerprint density at radius 1 is 1.00 bits per heavy atom. The van der Waals surface area contributed by atoms with E-state index in [2.05, 4.69) is 5.32 Å². The van der Waals surface area contributed by atoms with Crippen LogP contribution in [0.15, 0.2) is 78.9 Å². The van der Waals surface area contributed by atoms with Gasteiger partial charge in [0.15, 0.2) is 0 Å². The smallest absolute Gasteiger partial charge is 0.269 e. The first-order valence-corrected chi connectivity index (χ1v) is 12.7. The number of hydrogen-bond donors (Lipinski definition) is 1. The van der Waals surface area contributed by atoms with E-state index in [9.17, 15) is 24.1 Å². The Kier molecular flexibility index (Phi) is 10.00. The van der Waals surface area contributed by atoms with Crippen molar-refractivity contribution in [1.29, 1.82) is 0 Å². The zero-order valence-corrected chi connectivity index (χ0v) is 20.7. The van der Waals surface area contributed by atoms with Gasteiger partial charge in [0.05, 0.1) is 10.7 Å². The molecule has 3 aromatic carbocycles. The lowest BCUT2D eigenvalue weighted by Gasteiger charge is -2.31. The molecule has 9 heteroatoms. The number of nitrogens with zero attached hydrogens (tertiary/aromatic N) is 2. The van der Waals surface area contributed by atoms with Crippen molar-refractivity contribution in [2.75, 3.05) is 12.3 Å². The van der Waals surface area contributed by atoms with E-state index < -0.39 is 16.8 Å². The van der Waals surface area contributed by atoms with Gasteiger partial charge in [0.2, 0.25) is 11.8 Å². The summed E-state index contributed by atoms with van der Waals surface area (Å²) in [6.07, 6.45) is 0.292. The van der Waals surface area contributed by atoms with Gasteiger partial charge in [0, 0.05) is 43.0 Å². The highest BCUT2D eigenvalue weighted by Gasteiger charge is 2.30. The molecule has 1 atom stereocenters. The summed E-state index contributed by atoms with van der Waals surface area (Å²) in [4.78, 5) is 38.4. The number of likely N-dealkylation sites (N-methyl/N-ethyl adjacent to an activating group) is 1. The van der Waals surface area contributed by atoms with Crippen molar-refractivity contribution in [3.05, 3.63) is 111 Å². The van der Waals surface area contributed by atoms with Crippen LogP contribution < -0.4 is 5.32 Å². The third-order valence-electron chi connectivity index (χ3n) is 5.56. The third kappa shape index (κ3) is 7.64. The van der Waals surface area contributed by atoms with Crippen LogP contribution in [0.25, 0.3) is 0 Å². The summed E-state index contributed by atoms with van der Waals surface area (Å²) in [5.74, 6) is -0.510. The minimum Gasteiger partial charge on any atom is -0.355 e. The fourth-order valence-electron chi connectivity index (χ4n) is 3.71. The van der Waals surface area contributed by atoms with Crippen molar-refractivity contribution in [2.24, 2.45) is 0 Å². The molecule has 0 aliphatic rings. The van der Waals surface area contributed by atoms with Crippen LogP contribution in [0.3, 0.4) is 0 Å². The van der Waals surface area contributed by atoms with Crippen molar-refractivity contribution in [1.82, 2.24) is 10.2 Å². The molecule has 36 heavy (non-hydrogen) atoms. The number of carbonyl (C=O) groups is 2. The van der Waals surface area contributed by atoms with Crippen LogP contribution in [0.1, 0.15) is 23.6 Å². The average Bonchev–Trinajstić information content (AvgIpc) is 2.88. The number of halogens is 1. The van der Waals surface area contributed by atoms with Gasteiger partial charge in [-0.15, -0.1) is 11.8 Å². The topological polar surface area (TPSA) is 92.6 Å². The van der Waals surface area contributed by atoms with Crippen LogP contribution in [0.4, 0.5) is 10.1 Å². The average molecular weight is 510 g/mol. The monoisotopic (exact) mass is 509 g/mol. The second kappa shape index (κ2) is 13.4. The molecule has 3 rings (SSSR count). The molecule has 2 amide bonds. The van der Waals surface area contributed by atoms with E-state index in [-0.39, 0.29) is 29.8 Å². The van der Waals surface area contributed by atoms with Crippen molar-refractivity contribution in [3.8, 4) is 0 Å². The lowest BCUT2D eigenvalue weighted by molar-refractivity contribution is -0.384. The molecule has 0 aromatic heterocycles. The van der Waals surface area contributed by atoms with Crippen LogP contribution >= 0.6 is 11.8 Å². The molecule has 188 valence electrons. The SMILES string of the molecule is CCNC(=O)C(Cc1ccccc1)N(Cc1ccccc1F)C(=O)CSCc1ccc([N+](=O)[O-])cc1. The number of carbonyl (C=O) groups excluding carboxylic acids is 2. The maximum absolute atomic E-state index is 14.5. The fourth-order valence-corrected chi connectivity index (χ4v) is 4.58. The van der Waals surface area contributed by atoms with Gasteiger partial charge >= 0.3 is 0 Å². The van der Waals surface area contributed by atoms with Gasteiger partial charge in [-0.25, -0.2) is 4.39 Å². The third-order valence-corrected chi connectivity index (χ3v) is 6.55. The molecule has 0 saturated carbocycles. The van der Waals surface area contributed by atoms with Crippen LogP contribution in [0, 0.1) is 15.9 Å². The largest absolute Gasteiger partial charge is 0.355 e. The number of nitrogens with one attached hydrogen (secondary N) is 1. The summed E-state index contributed by atoms with van der Waals surface area (Å²) in [5, 5.41) is 13.7. The number of hydrogen-bond acceptors (Lipinski definition) is 5. The molecule has 0 spiro atoms. The minimum absolute atomic E-state index is 0.00146. The van der Waals surface area contributed by atoms with Gasteiger partial charge in [0.1, 0.15) is 11.9 Å². The van der Waals surface area contributed by atoms with Gasteiger partial charge in [-0.3, -0.25) is 19.7 Å². The first-order chi connectivity index (χ1) is 17.4. The number of nitro benzene ring substituents is 1. The van der Waals surface area contributed by atoms with Crippen molar-refractivity contribution in [3.63, 3.8) is 0 Å². The highest BCUT2D eigenvalue weighted by atomic mass is 32.2. The first kappa shape index (κ1) is 26.9. The Bertz CT molecular complexity index is 1180.